The lowest BCUT2D eigenvalue weighted by atomic mass is 9.98. The number of anilines is 2. The van der Waals surface area contributed by atoms with Crippen molar-refractivity contribution in [3.63, 3.8) is 0 Å². The maximum atomic E-state index is 12.8. The first kappa shape index (κ1) is 18.0. The van der Waals surface area contributed by atoms with E-state index in [4.69, 9.17) is 10.5 Å². The summed E-state index contributed by atoms with van der Waals surface area (Å²) in [5.74, 6) is -1.50. The van der Waals surface area contributed by atoms with Crippen molar-refractivity contribution in [3.05, 3.63) is 59.2 Å². The number of benzene rings is 2. The Bertz CT molecular complexity index is 950. The number of carbonyl (C=O) groups is 3. The van der Waals surface area contributed by atoms with Gasteiger partial charge in [-0.3, -0.25) is 9.59 Å². The van der Waals surface area contributed by atoms with Crippen LogP contribution in [0.25, 0.3) is 0 Å². The fourth-order valence-corrected chi connectivity index (χ4v) is 3.71. The van der Waals surface area contributed by atoms with E-state index in [1.165, 1.54) is 0 Å². The van der Waals surface area contributed by atoms with Gasteiger partial charge in [-0.2, -0.15) is 0 Å². The molecule has 144 valence electrons. The Kier molecular flexibility index (Phi) is 4.73. The van der Waals surface area contributed by atoms with Gasteiger partial charge in [0.1, 0.15) is 0 Å². The van der Waals surface area contributed by atoms with E-state index in [-0.39, 0.29) is 0 Å². The van der Waals surface area contributed by atoms with Crippen LogP contribution in [0.1, 0.15) is 39.1 Å². The molecular weight excluding hydrogens is 358 g/mol. The summed E-state index contributed by atoms with van der Waals surface area (Å²) in [6.07, 6.45) is 1.53. The van der Waals surface area contributed by atoms with Crippen LogP contribution in [0, 0.1) is 0 Å². The Morgan fingerprint density at radius 1 is 1.11 bits per heavy atom. The lowest BCUT2D eigenvalue weighted by molar-refractivity contribution is -0.125. The number of cyclic esters (lactones) is 1. The number of nitrogens with one attached hydrogen (secondary N) is 1. The average Bonchev–Trinajstić information content (AvgIpc) is 3.22. The van der Waals surface area contributed by atoms with E-state index in [9.17, 15) is 14.4 Å². The molecule has 4 rings (SSSR count). The highest BCUT2D eigenvalue weighted by Crippen LogP contribution is 2.31. The van der Waals surface area contributed by atoms with Gasteiger partial charge >= 0.3 is 5.97 Å². The Hall–Kier alpha value is -3.35. The molecule has 2 aromatic carbocycles. The molecule has 2 aromatic rings. The predicted octanol–water partition coefficient (Wildman–Crippen LogP) is 2.11. The minimum absolute atomic E-state index is 0.308. The molecule has 28 heavy (non-hydrogen) atoms. The average molecular weight is 379 g/mol. The molecule has 1 fully saturated rings. The quantitative estimate of drug-likeness (QED) is 0.792. The van der Waals surface area contributed by atoms with Gasteiger partial charge in [-0.1, -0.05) is 18.2 Å². The second-order valence-corrected chi connectivity index (χ2v) is 7.03. The Morgan fingerprint density at radius 2 is 1.86 bits per heavy atom. The molecule has 0 aromatic heterocycles. The van der Waals surface area contributed by atoms with Crippen LogP contribution >= 0.6 is 0 Å². The van der Waals surface area contributed by atoms with E-state index in [1.807, 2.05) is 12.1 Å². The maximum absolute atomic E-state index is 12.8. The molecule has 0 bridgehead atoms. The van der Waals surface area contributed by atoms with Crippen molar-refractivity contribution in [1.29, 1.82) is 0 Å². The number of esters is 1. The fraction of sp³-hybridized carbons (Fsp3) is 0.286. The van der Waals surface area contributed by atoms with E-state index >= 15 is 0 Å². The summed E-state index contributed by atoms with van der Waals surface area (Å²) in [5.41, 5.74) is 8.30. The SMILES string of the molecule is NC(=O)c1ccc(N2CCCC2)c(NC(=O)C2Cc3ccccc3C(=O)O2)c1. The van der Waals surface area contributed by atoms with Crippen molar-refractivity contribution < 1.29 is 19.1 Å². The second kappa shape index (κ2) is 7.34. The molecule has 2 aliphatic heterocycles. The third kappa shape index (κ3) is 3.43. The summed E-state index contributed by atoms with van der Waals surface area (Å²) in [4.78, 5) is 38.8. The lowest BCUT2D eigenvalue weighted by Gasteiger charge is -2.26. The van der Waals surface area contributed by atoms with Crippen LogP contribution in [0.4, 0.5) is 11.4 Å². The molecule has 3 N–H and O–H groups in total. The molecule has 0 spiro atoms. The first-order valence-electron chi connectivity index (χ1n) is 9.31. The Morgan fingerprint density at radius 3 is 2.61 bits per heavy atom. The smallest absolute Gasteiger partial charge is 0.339 e. The molecular formula is C21H21N3O4. The molecule has 0 radical (unpaired) electrons. The number of ether oxygens (including phenoxy) is 1. The van der Waals surface area contributed by atoms with Crippen molar-refractivity contribution >= 4 is 29.2 Å². The summed E-state index contributed by atoms with van der Waals surface area (Å²) in [6.45, 7) is 1.76. The van der Waals surface area contributed by atoms with Crippen LogP contribution in [-0.2, 0) is 16.0 Å². The fourth-order valence-electron chi connectivity index (χ4n) is 3.71. The largest absolute Gasteiger partial charge is 0.448 e. The molecule has 0 aliphatic carbocycles. The molecule has 1 saturated heterocycles. The highest BCUT2D eigenvalue weighted by atomic mass is 16.5. The normalized spacial score (nSPS) is 18.4. The van der Waals surface area contributed by atoms with Gasteiger partial charge in [0.25, 0.3) is 5.91 Å². The van der Waals surface area contributed by atoms with Gasteiger partial charge in [0.2, 0.25) is 5.91 Å². The van der Waals surface area contributed by atoms with Gasteiger partial charge in [-0.15, -0.1) is 0 Å². The number of primary amides is 1. The summed E-state index contributed by atoms with van der Waals surface area (Å²) in [7, 11) is 0. The van der Waals surface area contributed by atoms with E-state index < -0.39 is 23.9 Å². The van der Waals surface area contributed by atoms with Crippen molar-refractivity contribution in [2.45, 2.75) is 25.4 Å². The number of fused-ring (bicyclic) bond motifs is 1. The van der Waals surface area contributed by atoms with Crippen LogP contribution < -0.4 is 16.0 Å². The molecule has 7 nitrogen and oxygen atoms in total. The second-order valence-electron chi connectivity index (χ2n) is 7.03. The number of amides is 2. The van der Waals surface area contributed by atoms with E-state index in [2.05, 4.69) is 10.2 Å². The monoisotopic (exact) mass is 379 g/mol. The highest BCUT2D eigenvalue weighted by molar-refractivity contribution is 6.03. The van der Waals surface area contributed by atoms with Crippen molar-refractivity contribution in [2.24, 2.45) is 5.73 Å². The molecule has 1 unspecified atom stereocenters. The van der Waals surface area contributed by atoms with Gasteiger partial charge in [-0.05, 0) is 42.7 Å². The molecule has 2 amide bonds. The molecule has 7 heteroatoms. The zero-order valence-corrected chi connectivity index (χ0v) is 15.3. The highest BCUT2D eigenvalue weighted by Gasteiger charge is 2.31. The summed E-state index contributed by atoms with van der Waals surface area (Å²) < 4.78 is 5.33. The maximum Gasteiger partial charge on any atom is 0.339 e. The number of nitrogens with zero attached hydrogens (tertiary/aromatic N) is 1. The summed E-state index contributed by atoms with van der Waals surface area (Å²) in [6, 6.07) is 12.1. The van der Waals surface area contributed by atoms with Gasteiger partial charge < -0.3 is 20.7 Å². The van der Waals surface area contributed by atoms with Gasteiger partial charge in [0.05, 0.1) is 16.9 Å². The van der Waals surface area contributed by atoms with Gasteiger partial charge in [0, 0.05) is 25.1 Å². The minimum Gasteiger partial charge on any atom is -0.448 e. The number of rotatable bonds is 4. The third-order valence-corrected chi connectivity index (χ3v) is 5.17. The standard InChI is InChI=1S/C21H21N3O4/c22-19(25)14-7-8-17(24-9-3-4-10-24)16(11-14)23-20(26)18-12-13-5-1-2-6-15(13)21(27)28-18/h1-2,5-8,11,18H,3-4,9-10,12H2,(H2,22,25)(H,23,26). The minimum atomic E-state index is -0.925. The Balaban J connectivity index is 1.59. The van der Waals surface area contributed by atoms with Crippen LogP contribution in [0.3, 0.4) is 0 Å². The first-order valence-corrected chi connectivity index (χ1v) is 9.31. The van der Waals surface area contributed by atoms with E-state index in [1.54, 1.807) is 30.3 Å². The Labute approximate surface area is 162 Å². The third-order valence-electron chi connectivity index (χ3n) is 5.17. The van der Waals surface area contributed by atoms with Gasteiger partial charge in [-0.25, -0.2) is 4.79 Å². The van der Waals surface area contributed by atoms with Gasteiger partial charge in [0.15, 0.2) is 6.10 Å². The molecule has 0 saturated carbocycles. The van der Waals surface area contributed by atoms with E-state index in [0.717, 1.165) is 37.2 Å². The van der Waals surface area contributed by atoms with Crippen LogP contribution in [-0.4, -0.2) is 37.0 Å². The molecule has 2 aliphatic rings. The van der Waals surface area contributed by atoms with Crippen LogP contribution in [0.15, 0.2) is 42.5 Å². The zero-order chi connectivity index (χ0) is 19.7. The number of carbonyl (C=O) groups excluding carboxylic acids is 3. The van der Waals surface area contributed by atoms with Crippen molar-refractivity contribution in [3.8, 4) is 0 Å². The predicted molar refractivity (Wildman–Crippen MR) is 104 cm³/mol. The topological polar surface area (TPSA) is 102 Å². The van der Waals surface area contributed by atoms with E-state index in [0.29, 0.717) is 23.2 Å². The lowest BCUT2D eigenvalue weighted by Crippen LogP contribution is -2.38. The van der Waals surface area contributed by atoms with Crippen molar-refractivity contribution in [2.75, 3.05) is 23.3 Å². The molecule has 2 heterocycles. The number of hydrogen-bond donors (Lipinski definition) is 2. The molecule has 1 atom stereocenters. The summed E-state index contributed by atoms with van der Waals surface area (Å²) >= 11 is 0. The number of nitrogens with two attached hydrogens (primary N) is 1. The zero-order valence-electron chi connectivity index (χ0n) is 15.3. The number of hydrogen-bond acceptors (Lipinski definition) is 5. The van der Waals surface area contributed by atoms with Crippen LogP contribution in [0.5, 0.6) is 0 Å². The van der Waals surface area contributed by atoms with Crippen LogP contribution in [0.2, 0.25) is 0 Å². The van der Waals surface area contributed by atoms with Crippen molar-refractivity contribution in [1.82, 2.24) is 0 Å². The summed E-state index contributed by atoms with van der Waals surface area (Å²) in [5, 5.41) is 2.84. The first-order chi connectivity index (χ1) is 13.5.